The molecule has 1 amide bonds. The molecule has 0 unspecified atom stereocenters. The molecule has 0 saturated carbocycles. The largest absolute Gasteiger partial charge is 0.480 e. The van der Waals surface area contributed by atoms with E-state index in [2.05, 4.69) is 15.5 Å². The number of nitrogens with zero attached hydrogens (tertiary/aromatic N) is 3. The van der Waals surface area contributed by atoms with Crippen LogP contribution < -0.4 is 5.32 Å². The van der Waals surface area contributed by atoms with Gasteiger partial charge in [0.05, 0.1) is 12.6 Å². The van der Waals surface area contributed by atoms with Crippen molar-refractivity contribution in [2.45, 2.75) is 13.0 Å². The summed E-state index contributed by atoms with van der Waals surface area (Å²) in [6.07, 6.45) is 1.46. The number of carbonyl (C=O) groups excluding carboxylic acids is 1. The Balaban J connectivity index is 1.92. The molecule has 0 saturated heterocycles. The highest BCUT2D eigenvalue weighted by Gasteiger charge is 2.08. The quantitative estimate of drug-likeness (QED) is 0.863. The van der Waals surface area contributed by atoms with E-state index < -0.39 is 5.97 Å². The summed E-state index contributed by atoms with van der Waals surface area (Å²) >= 11 is 5.75. The first-order valence-corrected chi connectivity index (χ1v) is 6.07. The van der Waals surface area contributed by atoms with Gasteiger partial charge in [-0.25, -0.2) is 0 Å². The molecule has 1 aromatic carbocycles. The molecule has 0 bridgehead atoms. The average molecular weight is 295 g/mol. The van der Waals surface area contributed by atoms with Crippen LogP contribution in [0.2, 0.25) is 5.02 Å². The van der Waals surface area contributed by atoms with E-state index in [9.17, 15) is 9.59 Å². The second kappa shape index (κ2) is 6.16. The lowest BCUT2D eigenvalue weighted by molar-refractivity contribution is -0.138. The minimum absolute atomic E-state index is 0.170. The van der Waals surface area contributed by atoms with Crippen molar-refractivity contribution in [2.75, 3.05) is 5.32 Å². The van der Waals surface area contributed by atoms with Crippen molar-refractivity contribution in [3.63, 3.8) is 0 Å². The van der Waals surface area contributed by atoms with Crippen LogP contribution >= 0.6 is 11.6 Å². The molecule has 1 aromatic heterocycles. The van der Waals surface area contributed by atoms with E-state index in [4.69, 9.17) is 16.7 Å². The highest BCUT2D eigenvalue weighted by atomic mass is 35.5. The van der Waals surface area contributed by atoms with Crippen LogP contribution in [0.15, 0.2) is 30.5 Å². The van der Waals surface area contributed by atoms with Gasteiger partial charge in [-0.3, -0.25) is 9.59 Å². The van der Waals surface area contributed by atoms with Gasteiger partial charge >= 0.3 is 5.97 Å². The normalized spacial score (nSPS) is 10.2. The molecular weight excluding hydrogens is 284 g/mol. The molecule has 8 heteroatoms. The first-order valence-electron chi connectivity index (χ1n) is 5.69. The van der Waals surface area contributed by atoms with E-state index in [1.807, 2.05) is 0 Å². The molecule has 20 heavy (non-hydrogen) atoms. The van der Waals surface area contributed by atoms with Gasteiger partial charge in [0.25, 0.3) is 0 Å². The highest BCUT2D eigenvalue weighted by Crippen LogP contribution is 2.10. The molecule has 0 spiro atoms. The Morgan fingerprint density at radius 3 is 2.65 bits per heavy atom. The maximum absolute atomic E-state index is 11.8. The van der Waals surface area contributed by atoms with Gasteiger partial charge in [0.1, 0.15) is 0 Å². The van der Waals surface area contributed by atoms with E-state index in [0.29, 0.717) is 5.02 Å². The van der Waals surface area contributed by atoms with Crippen molar-refractivity contribution in [3.05, 3.63) is 41.0 Å². The van der Waals surface area contributed by atoms with E-state index >= 15 is 0 Å². The SMILES string of the molecule is O=C(O)Cn1ncc(NC(=O)Cc2ccc(Cl)cc2)n1. The molecular formula is C12H11ClN4O3. The van der Waals surface area contributed by atoms with Gasteiger partial charge in [-0.05, 0) is 17.7 Å². The summed E-state index contributed by atoms with van der Waals surface area (Å²) in [7, 11) is 0. The van der Waals surface area contributed by atoms with Crippen LogP contribution in [-0.4, -0.2) is 32.0 Å². The fourth-order valence-corrected chi connectivity index (χ4v) is 1.65. The Labute approximate surface area is 119 Å². The van der Waals surface area contributed by atoms with Crippen molar-refractivity contribution >= 4 is 29.3 Å². The number of aliphatic carboxylic acids is 1. The fourth-order valence-electron chi connectivity index (χ4n) is 1.53. The number of halogens is 1. The van der Waals surface area contributed by atoms with E-state index in [1.165, 1.54) is 6.20 Å². The van der Waals surface area contributed by atoms with Crippen LogP contribution in [0.1, 0.15) is 5.56 Å². The molecule has 0 atom stereocenters. The first kappa shape index (κ1) is 14.0. The molecule has 2 aromatic rings. The van der Waals surface area contributed by atoms with Gasteiger partial charge in [0.15, 0.2) is 12.4 Å². The van der Waals surface area contributed by atoms with E-state index in [1.54, 1.807) is 24.3 Å². The second-order valence-electron chi connectivity index (χ2n) is 4.01. The molecule has 0 aliphatic carbocycles. The van der Waals surface area contributed by atoms with Crippen molar-refractivity contribution < 1.29 is 14.7 Å². The van der Waals surface area contributed by atoms with Gasteiger partial charge in [0.2, 0.25) is 5.91 Å². The summed E-state index contributed by atoms with van der Waals surface area (Å²) in [6, 6.07) is 6.91. The number of benzene rings is 1. The van der Waals surface area contributed by atoms with Crippen LogP contribution in [0.5, 0.6) is 0 Å². The summed E-state index contributed by atoms with van der Waals surface area (Å²) in [5.74, 6) is -1.11. The molecule has 0 fully saturated rings. The number of rotatable bonds is 5. The molecule has 2 N–H and O–H groups in total. The molecule has 0 aliphatic heterocycles. The van der Waals surface area contributed by atoms with Gasteiger partial charge in [-0.1, -0.05) is 23.7 Å². The minimum atomic E-state index is -1.06. The van der Waals surface area contributed by atoms with Crippen molar-refractivity contribution in [1.82, 2.24) is 15.0 Å². The van der Waals surface area contributed by atoms with Gasteiger partial charge in [0, 0.05) is 5.02 Å². The van der Waals surface area contributed by atoms with Crippen LogP contribution in [0, 0.1) is 0 Å². The first-order chi connectivity index (χ1) is 9.52. The average Bonchev–Trinajstić information content (AvgIpc) is 2.78. The monoisotopic (exact) mass is 294 g/mol. The Kier molecular flexibility index (Phi) is 4.31. The lowest BCUT2D eigenvalue weighted by Crippen LogP contribution is -2.16. The summed E-state index contributed by atoms with van der Waals surface area (Å²) in [5.41, 5.74) is 0.810. The number of nitrogens with one attached hydrogen (secondary N) is 1. The molecule has 2 rings (SSSR count). The van der Waals surface area contributed by atoms with Crippen molar-refractivity contribution in [1.29, 1.82) is 0 Å². The van der Waals surface area contributed by atoms with Crippen molar-refractivity contribution in [3.8, 4) is 0 Å². The summed E-state index contributed by atoms with van der Waals surface area (Å²) in [6.45, 7) is -0.354. The van der Waals surface area contributed by atoms with E-state index in [0.717, 1.165) is 10.4 Å². The third kappa shape index (κ3) is 4.06. The number of hydrogen-bond donors (Lipinski definition) is 2. The molecule has 1 heterocycles. The topological polar surface area (TPSA) is 97.1 Å². The number of aromatic nitrogens is 3. The Morgan fingerprint density at radius 1 is 1.30 bits per heavy atom. The third-order valence-electron chi connectivity index (χ3n) is 2.36. The second-order valence-corrected chi connectivity index (χ2v) is 4.44. The van der Waals surface area contributed by atoms with Gasteiger partial charge in [-0.2, -0.15) is 9.90 Å². The lowest BCUT2D eigenvalue weighted by atomic mass is 10.1. The maximum Gasteiger partial charge on any atom is 0.327 e. The predicted molar refractivity (Wildman–Crippen MR) is 71.4 cm³/mol. The summed E-state index contributed by atoms with van der Waals surface area (Å²) in [5, 5.41) is 19.3. The summed E-state index contributed by atoms with van der Waals surface area (Å²) < 4.78 is 0. The number of carboxylic acids is 1. The van der Waals surface area contributed by atoms with Crippen LogP contribution in [0.4, 0.5) is 5.82 Å². The fraction of sp³-hybridized carbons (Fsp3) is 0.167. The Morgan fingerprint density at radius 2 is 2.00 bits per heavy atom. The zero-order valence-electron chi connectivity index (χ0n) is 10.3. The van der Waals surface area contributed by atoms with Crippen LogP contribution in [0.25, 0.3) is 0 Å². The lowest BCUT2D eigenvalue weighted by Gasteiger charge is -2.02. The number of anilines is 1. The Hall–Kier alpha value is -2.41. The number of carbonyl (C=O) groups is 2. The van der Waals surface area contributed by atoms with Crippen LogP contribution in [-0.2, 0) is 22.6 Å². The standard InChI is InChI=1S/C12H11ClN4O3/c13-9-3-1-8(2-4-9)5-11(18)15-10-6-14-17(16-10)7-12(19)20/h1-4,6H,5,7H2,(H,19,20)(H,15,16,18). The minimum Gasteiger partial charge on any atom is -0.480 e. The zero-order valence-corrected chi connectivity index (χ0v) is 11.0. The molecule has 0 radical (unpaired) electrons. The number of amides is 1. The molecule has 104 valence electrons. The van der Waals surface area contributed by atoms with Gasteiger partial charge in [-0.15, -0.1) is 5.10 Å². The maximum atomic E-state index is 11.8. The van der Waals surface area contributed by atoms with Gasteiger partial charge < -0.3 is 10.4 Å². The summed E-state index contributed by atoms with van der Waals surface area (Å²) in [4.78, 5) is 23.2. The zero-order chi connectivity index (χ0) is 14.5. The third-order valence-corrected chi connectivity index (χ3v) is 2.61. The Bertz CT molecular complexity index is 624. The van der Waals surface area contributed by atoms with E-state index in [-0.39, 0.29) is 24.7 Å². The van der Waals surface area contributed by atoms with Crippen LogP contribution in [0.3, 0.4) is 0 Å². The molecule has 0 aliphatic rings. The smallest absolute Gasteiger partial charge is 0.327 e. The number of carboxylic acid groups (broad SMARTS) is 1. The highest BCUT2D eigenvalue weighted by molar-refractivity contribution is 6.30. The number of hydrogen-bond acceptors (Lipinski definition) is 4. The van der Waals surface area contributed by atoms with Crippen molar-refractivity contribution in [2.24, 2.45) is 0 Å². The predicted octanol–water partition coefficient (Wildman–Crippen LogP) is 1.20. The molecule has 7 nitrogen and oxygen atoms in total.